The van der Waals surface area contributed by atoms with Gasteiger partial charge in [-0.3, -0.25) is 0 Å². The van der Waals surface area contributed by atoms with E-state index in [9.17, 15) is 0 Å². The molecule has 0 aromatic carbocycles. The number of rotatable bonds is 5. The largest absolute Gasteiger partial charge is 0.466 e. The standard InChI is InChI=1S/C14H23NO/c1-5-6-15-14(12-7-9(12)2)13-8-10(3)16-11(13)4/h8-9,12,14-15H,5-7H2,1-4H3. The van der Waals surface area contributed by atoms with Crippen LogP contribution in [0.1, 0.15) is 49.8 Å². The average molecular weight is 221 g/mol. The molecule has 1 saturated carbocycles. The van der Waals surface area contributed by atoms with Gasteiger partial charge >= 0.3 is 0 Å². The van der Waals surface area contributed by atoms with Gasteiger partial charge in [0, 0.05) is 11.6 Å². The molecule has 2 rings (SSSR count). The van der Waals surface area contributed by atoms with Crippen molar-refractivity contribution in [1.29, 1.82) is 0 Å². The fourth-order valence-corrected chi connectivity index (χ4v) is 2.57. The second-order valence-corrected chi connectivity index (χ2v) is 5.18. The molecule has 1 aliphatic carbocycles. The Morgan fingerprint density at radius 2 is 2.19 bits per heavy atom. The molecule has 2 nitrogen and oxygen atoms in total. The van der Waals surface area contributed by atoms with Crippen molar-refractivity contribution in [1.82, 2.24) is 5.32 Å². The van der Waals surface area contributed by atoms with E-state index in [1.807, 2.05) is 6.92 Å². The van der Waals surface area contributed by atoms with Crippen molar-refractivity contribution in [2.45, 2.75) is 46.6 Å². The highest BCUT2D eigenvalue weighted by Gasteiger charge is 2.40. The SMILES string of the molecule is CCCNC(c1cc(C)oc1C)C1CC1C. The van der Waals surface area contributed by atoms with E-state index in [0.29, 0.717) is 6.04 Å². The van der Waals surface area contributed by atoms with E-state index < -0.39 is 0 Å². The number of hydrogen-bond acceptors (Lipinski definition) is 2. The van der Waals surface area contributed by atoms with Gasteiger partial charge < -0.3 is 9.73 Å². The minimum absolute atomic E-state index is 0.507. The molecule has 3 atom stereocenters. The Bertz CT molecular complexity index is 356. The van der Waals surface area contributed by atoms with Gasteiger partial charge in [0.15, 0.2) is 0 Å². The van der Waals surface area contributed by atoms with Crippen LogP contribution >= 0.6 is 0 Å². The first-order chi connectivity index (χ1) is 7.63. The Kier molecular flexibility index (Phi) is 3.38. The summed E-state index contributed by atoms with van der Waals surface area (Å²) in [5.74, 6) is 3.79. The zero-order chi connectivity index (χ0) is 11.7. The van der Waals surface area contributed by atoms with Crippen LogP contribution in [0.2, 0.25) is 0 Å². The maximum atomic E-state index is 5.65. The predicted octanol–water partition coefficient (Wildman–Crippen LogP) is 3.59. The van der Waals surface area contributed by atoms with Crippen LogP contribution < -0.4 is 5.32 Å². The third-order valence-electron chi connectivity index (χ3n) is 3.63. The van der Waals surface area contributed by atoms with Crippen molar-refractivity contribution < 1.29 is 4.42 Å². The summed E-state index contributed by atoms with van der Waals surface area (Å²) < 4.78 is 5.65. The van der Waals surface area contributed by atoms with Crippen LogP contribution in [0.25, 0.3) is 0 Å². The number of aryl methyl sites for hydroxylation is 2. The van der Waals surface area contributed by atoms with Crippen molar-refractivity contribution in [2.24, 2.45) is 11.8 Å². The zero-order valence-electron chi connectivity index (χ0n) is 10.8. The van der Waals surface area contributed by atoms with Gasteiger partial charge in [-0.25, -0.2) is 0 Å². The molecule has 0 saturated heterocycles. The number of furan rings is 1. The van der Waals surface area contributed by atoms with Crippen molar-refractivity contribution in [2.75, 3.05) is 6.54 Å². The second-order valence-electron chi connectivity index (χ2n) is 5.18. The minimum atomic E-state index is 0.507. The zero-order valence-corrected chi connectivity index (χ0v) is 10.8. The third kappa shape index (κ3) is 2.32. The van der Waals surface area contributed by atoms with E-state index in [1.165, 1.54) is 18.4 Å². The van der Waals surface area contributed by atoms with E-state index in [-0.39, 0.29) is 0 Å². The van der Waals surface area contributed by atoms with Crippen LogP contribution in [0.15, 0.2) is 10.5 Å². The molecule has 0 aliphatic heterocycles. The Morgan fingerprint density at radius 3 is 2.62 bits per heavy atom. The molecule has 1 N–H and O–H groups in total. The van der Waals surface area contributed by atoms with Crippen molar-refractivity contribution >= 4 is 0 Å². The van der Waals surface area contributed by atoms with E-state index in [1.54, 1.807) is 0 Å². The molecule has 1 fully saturated rings. The second kappa shape index (κ2) is 4.62. The molecule has 0 spiro atoms. The summed E-state index contributed by atoms with van der Waals surface area (Å²) >= 11 is 0. The third-order valence-corrected chi connectivity index (χ3v) is 3.63. The number of hydrogen-bond donors (Lipinski definition) is 1. The Balaban J connectivity index is 2.14. The normalized spacial score (nSPS) is 25.8. The lowest BCUT2D eigenvalue weighted by Crippen LogP contribution is -2.24. The van der Waals surface area contributed by atoms with E-state index in [2.05, 4.69) is 32.2 Å². The molecule has 16 heavy (non-hydrogen) atoms. The summed E-state index contributed by atoms with van der Waals surface area (Å²) in [5, 5.41) is 3.67. The minimum Gasteiger partial charge on any atom is -0.466 e. The van der Waals surface area contributed by atoms with Crippen LogP contribution in [0.3, 0.4) is 0 Å². The lowest BCUT2D eigenvalue weighted by molar-refractivity contribution is 0.444. The molecule has 0 radical (unpaired) electrons. The Hall–Kier alpha value is -0.760. The summed E-state index contributed by atoms with van der Waals surface area (Å²) in [6.45, 7) is 9.76. The van der Waals surface area contributed by atoms with Crippen molar-refractivity contribution in [3.63, 3.8) is 0 Å². The molecular formula is C14H23NO. The molecule has 1 aromatic heterocycles. The molecule has 1 aliphatic rings. The summed E-state index contributed by atoms with van der Waals surface area (Å²) in [7, 11) is 0. The fraction of sp³-hybridized carbons (Fsp3) is 0.714. The van der Waals surface area contributed by atoms with E-state index >= 15 is 0 Å². The van der Waals surface area contributed by atoms with Crippen LogP contribution in [0, 0.1) is 25.7 Å². The summed E-state index contributed by atoms with van der Waals surface area (Å²) in [6.07, 6.45) is 2.54. The highest BCUT2D eigenvalue weighted by atomic mass is 16.3. The topological polar surface area (TPSA) is 25.2 Å². The van der Waals surface area contributed by atoms with Crippen LogP contribution in [-0.2, 0) is 0 Å². The Labute approximate surface area is 98.4 Å². The maximum absolute atomic E-state index is 5.65. The van der Waals surface area contributed by atoms with Crippen LogP contribution in [-0.4, -0.2) is 6.54 Å². The first-order valence-electron chi connectivity index (χ1n) is 6.43. The lowest BCUT2D eigenvalue weighted by atomic mass is 10.0. The fourth-order valence-electron chi connectivity index (χ4n) is 2.57. The van der Waals surface area contributed by atoms with Gasteiger partial charge in [0.25, 0.3) is 0 Å². The van der Waals surface area contributed by atoms with Gasteiger partial charge in [-0.2, -0.15) is 0 Å². The van der Waals surface area contributed by atoms with Gasteiger partial charge in [0.2, 0.25) is 0 Å². The average Bonchev–Trinajstić information content (AvgIpc) is 2.84. The smallest absolute Gasteiger partial charge is 0.105 e. The van der Waals surface area contributed by atoms with Gasteiger partial charge in [0.05, 0.1) is 0 Å². The molecule has 90 valence electrons. The Morgan fingerprint density at radius 1 is 1.50 bits per heavy atom. The highest BCUT2D eigenvalue weighted by molar-refractivity contribution is 5.26. The van der Waals surface area contributed by atoms with Crippen LogP contribution in [0.5, 0.6) is 0 Å². The summed E-state index contributed by atoms with van der Waals surface area (Å²) in [5.41, 5.74) is 1.38. The molecule has 3 unspecified atom stereocenters. The number of nitrogens with one attached hydrogen (secondary N) is 1. The lowest BCUT2D eigenvalue weighted by Gasteiger charge is -2.17. The van der Waals surface area contributed by atoms with Gasteiger partial charge in [-0.15, -0.1) is 0 Å². The molecule has 0 amide bonds. The van der Waals surface area contributed by atoms with Crippen molar-refractivity contribution in [3.05, 3.63) is 23.2 Å². The first kappa shape index (κ1) is 11.7. The van der Waals surface area contributed by atoms with Crippen molar-refractivity contribution in [3.8, 4) is 0 Å². The summed E-state index contributed by atoms with van der Waals surface area (Å²) in [4.78, 5) is 0. The monoisotopic (exact) mass is 221 g/mol. The molecule has 1 aromatic rings. The van der Waals surface area contributed by atoms with Gasteiger partial charge in [-0.05, 0) is 51.1 Å². The first-order valence-corrected chi connectivity index (χ1v) is 6.43. The molecule has 0 bridgehead atoms. The van der Waals surface area contributed by atoms with Gasteiger partial charge in [-0.1, -0.05) is 13.8 Å². The molecule has 2 heteroatoms. The van der Waals surface area contributed by atoms with Crippen LogP contribution in [0.4, 0.5) is 0 Å². The summed E-state index contributed by atoms with van der Waals surface area (Å²) in [6, 6.07) is 2.71. The highest BCUT2D eigenvalue weighted by Crippen LogP contribution is 2.47. The molecule has 1 heterocycles. The van der Waals surface area contributed by atoms with E-state index in [4.69, 9.17) is 4.42 Å². The predicted molar refractivity (Wildman–Crippen MR) is 66.5 cm³/mol. The quantitative estimate of drug-likeness (QED) is 0.822. The maximum Gasteiger partial charge on any atom is 0.105 e. The van der Waals surface area contributed by atoms with E-state index in [0.717, 1.165) is 29.9 Å². The molecular weight excluding hydrogens is 198 g/mol. The van der Waals surface area contributed by atoms with Gasteiger partial charge in [0.1, 0.15) is 11.5 Å².